The number of hydrogen-bond acceptors (Lipinski definition) is 2. The number of piperidine rings is 1. The van der Waals surface area contributed by atoms with Gasteiger partial charge in [0.25, 0.3) is 0 Å². The van der Waals surface area contributed by atoms with Crippen LogP contribution in [-0.2, 0) is 0 Å². The summed E-state index contributed by atoms with van der Waals surface area (Å²) in [5.74, 6) is 1.04. The number of nitrogens with zero attached hydrogens (tertiary/aromatic N) is 1. The van der Waals surface area contributed by atoms with E-state index in [2.05, 4.69) is 24.2 Å². The van der Waals surface area contributed by atoms with Crippen molar-refractivity contribution in [2.24, 2.45) is 5.92 Å². The maximum atomic E-state index is 3.51. The highest BCUT2D eigenvalue weighted by molar-refractivity contribution is 4.82. The van der Waals surface area contributed by atoms with Gasteiger partial charge in [0.2, 0.25) is 0 Å². The van der Waals surface area contributed by atoms with Gasteiger partial charge in [0.1, 0.15) is 0 Å². The molecule has 1 aliphatic heterocycles. The van der Waals surface area contributed by atoms with Crippen molar-refractivity contribution >= 4 is 0 Å². The monoisotopic (exact) mass is 210 g/mol. The van der Waals surface area contributed by atoms with E-state index in [9.17, 15) is 0 Å². The van der Waals surface area contributed by atoms with Gasteiger partial charge in [-0.2, -0.15) is 0 Å². The zero-order chi connectivity index (χ0) is 10.7. The lowest BCUT2D eigenvalue weighted by Crippen LogP contribution is -2.48. The van der Waals surface area contributed by atoms with Gasteiger partial charge in [-0.05, 0) is 45.7 Å². The predicted molar refractivity (Wildman–Crippen MR) is 65.1 cm³/mol. The molecule has 1 heterocycles. The first-order valence-corrected chi connectivity index (χ1v) is 6.70. The average molecular weight is 210 g/mol. The van der Waals surface area contributed by atoms with Crippen LogP contribution >= 0.6 is 0 Å². The van der Waals surface area contributed by atoms with Gasteiger partial charge in [-0.3, -0.25) is 4.90 Å². The van der Waals surface area contributed by atoms with Gasteiger partial charge >= 0.3 is 0 Å². The van der Waals surface area contributed by atoms with E-state index in [1.54, 1.807) is 0 Å². The third-order valence-electron chi connectivity index (χ3n) is 4.44. The summed E-state index contributed by atoms with van der Waals surface area (Å²) in [7, 11) is 2.32. The Labute approximate surface area is 94.4 Å². The molecule has 88 valence electrons. The standard InChI is InChI=1S/C13H26N2/c1-11(9-12-5-3-6-12)15(2)13-7-4-8-14-10-13/h11-14H,3-10H2,1-2H3. The second-order valence-electron chi connectivity index (χ2n) is 5.55. The number of rotatable bonds is 4. The molecular weight excluding hydrogens is 184 g/mol. The Bertz CT molecular complexity index is 183. The molecule has 2 rings (SSSR count). The summed E-state index contributed by atoms with van der Waals surface area (Å²) in [6.07, 6.45) is 8.62. The molecule has 2 heteroatoms. The quantitative estimate of drug-likeness (QED) is 0.765. The Morgan fingerprint density at radius 3 is 2.60 bits per heavy atom. The van der Waals surface area contributed by atoms with Crippen LogP contribution in [0.3, 0.4) is 0 Å². The molecule has 0 radical (unpaired) electrons. The van der Waals surface area contributed by atoms with Gasteiger partial charge < -0.3 is 5.32 Å². The summed E-state index contributed by atoms with van der Waals surface area (Å²) < 4.78 is 0. The van der Waals surface area contributed by atoms with Crippen LogP contribution in [0, 0.1) is 5.92 Å². The maximum absolute atomic E-state index is 3.51. The van der Waals surface area contributed by atoms with Crippen molar-refractivity contribution in [2.45, 2.75) is 57.5 Å². The number of nitrogens with one attached hydrogen (secondary N) is 1. The Morgan fingerprint density at radius 2 is 2.07 bits per heavy atom. The second-order valence-corrected chi connectivity index (χ2v) is 5.55. The molecule has 2 fully saturated rings. The molecule has 0 aromatic rings. The lowest BCUT2D eigenvalue weighted by atomic mass is 9.80. The minimum atomic E-state index is 0.778. The highest BCUT2D eigenvalue weighted by Gasteiger charge is 2.26. The first-order valence-electron chi connectivity index (χ1n) is 6.70. The molecule has 2 aliphatic rings. The summed E-state index contributed by atoms with van der Waals surface area (Å²) >= 11 is 0. The molecule has 1 N–H and O–H groups in total. The van der Waals surface area contributed by atoms with E-state index in [0.29, 0.717) is 0 Å². The van der Waals surface area contributed by atoms with Crippen LogP contribution < -0.4 is 5.32 Å². The van der Waals surface area contributed by atoms with Crippen molar-refractivity contribution in [3.05, 3.63) is 0 Å². The zero-order valence-electron chi connectivity index (χ0n) is 10.3. The zero-order valence-corrected chi connectivity index (χ0v) is 10.3. The summed E-state index contributed by atoms with van der Waals surface area (Å²) in [5.41, 5.74) is 0. The van der Waals surface area contributed by atoms with Gasteiger partial charge in [0.05, 0.1) is 0 Å². The van der Waals surface area contributed by atoms with E-state index in [1.807, 2.05) is 0 Å². The van der Waals surface area contributed by atoms with Crippen molar-refractivity contribution < 1.29 is 0 Å². The fourth-order valence-electron chi connectivity index (χ4n) is 2.92. The first-order chi connectivity index (χ1) is 7.27. The molecule has 0 spiro atoms. The van der Waals surface area contributed by atoms with Crippen LogP contribution in [0.5, 0.6) is 0 Å². The first kappa shape index (κ1) is 11.4. The van der Waals surface area contributed by atoms with E-state index < -0.39 is 0 Å². The van der Waals surface area contributed by atoms with Gasteiger partial charge in [-0.15, -0.1) is 0 Å². The Kier molecular flexibility index (Phi) is 4.04. The van der Waals surface area contributed by atoms with Crippen LogP contribution in [0.1, 0.15) is 45.4 Å². The summed E-state index contributed by atoms with van der Waals surface area (Å²) in [6.45, 7) is 4.83. The molecule has 2 nitrogen and oxygen atoms in total. The molecule has 1 aliphatic carbocycles. The Balaban J connectivity index is 1.74. The fourth-order valence-corrected chi connectivity index (χ4v) is 2.92. The van der Waals surface area contributed by atoms with Crippen LogP contribution in [0.15, 0.2) is 0 Å². The van der Waals surface area contributed by atoms with Crippen molar-refractivity contribution in [1.29, 1.82) is 0 Å². The van der Waals surface area contributed by atoms with Crippen molar-refractivity contribution in [3.8, 4) is 0 Å². The Morgan fingerprint density at radius 1 is 1.27 bits per heavy atom. The normalized spacial score (nSPS) is 30.2. The van der Waals surface area contributed by atoms with Crippen LogP contribution in [0.2, 0.25) is 0 Å². The highest BCUT2D eigenvalue weighted by atomic mass is 15.2. The van der Waals surface area contributed by atoms with Crippen LogP contribution in [-0.4, -0.2) is 37.1 Å². The smallest absolute Gasteiger partial charge is 0.0220 e. The average Bonchev–Trinajstić information content (AvgIpc) is 2.23. The van der Waals surface area contributed by atoms with E-state index in [-0.39, 0.29) is 0 Å². The lowest BCUT2D eigenvalue weighted by Gasteiger charge is -2.38. The molecular formula is C13H26N2. The van der Waals surface area contributed by atoms with E-state index in [4.69, 9.17) is 0 Å². The topological polar surface area (TPSA) is 15.3 Å². The second kappa shape index (κ2) is 5.31. The van der Waals surface area contributed by atoms with Gasteiger partial charge in [0, 0.05) is 18.6 Å². The number of hydrogen-bond donors (Lipinski definition) is 1. The van der Waals surface area contributed by atoms with Crippen LogP contribution in [0.25, 0.3) is 0 Å². The molecule has 0 bridgehead atoms. The van der Waals surface area contributed by atoms with E-state index in [0.717, 1.165) is 18.0 Å². The maximum Gasteiger partial charge on any atom is 0.0220 e. The largest absolute Gasteiger partial charge is 0.315 e. The summed E-state index contributed by atoms with van der Waals surface area (Å²) in [4.78, 5) is 2.62. The molecule has 0 aromatic carbocycles. The van der Waals surface area contributed by atoms with Crippen molar-refractivity contribution in [3.63, 3.8) is 0 Å². The summed E-state index contributed by atoms with van der Waals surface area (Å²) in [5, 5.41) is 3.51. The number of likely N-dealkylation sites (N-methyl/N-ethyl adjacent to an activating group) is 1. The summed E-state index contributed by atoms with van der Waals surface area (Å²) in [6, 6.07) is 1.56. The lowest BCUT2D eigenvalue weighted by molar-refractivity contribution is 0.121. The van der Waals surface area contributed by atoms with Gasteiger partial charge in [-0.25, -0.2) is 0 Å². The minimum Gasteiger partial charge on any atom is -0.315 e. The third kappa shape index (κ3) is 2.94. The minimum absolute atomic E-state index is 0.778. The molecule has 0 amide bonds. The van der Waals surface area contributed by atoms with Crippen molar-refractivity contribution in [1.82, 2.24) is 10.2 Å². The fraction of sp³-hybridized carbons (Fsp3) is 1.00. The molecule has 2 unspecified atom stereocenters. The van der Waals surface area contributed by atoms with E-state index >= 15 is 0 Å². The molecule has 1 saturated heterocycles. The van der Waals surface area contributed by atoms with Gasteiger partial charge in [-0.1, -0.05) is 19.3 Å². The van der Waals surface area contributed by atoms with Crippen LogP contribution in [0.4, 0.5) is 0 Å². The molecule has 0 aromatic heterocycles. The third-order valence-corrected chi connectivity index (χ3v) is 4.44. The predicted octanol–water partition coefficient (Wildman–Crippen LogP) is 2.25. The van der Waals surface area contributed by atoms with E-state index in [1.165, 1.54) is 51.6 Å². The molecule has 15 heavy (non-hydrogen) atoms. The highest BCUT2D eigenvalue weighted by Crippen LogP contribution is 2.31. The molecule has 2 atom stereocenters. The molecule has 1 saturated carbocycles. The van der Waals surface area contributed by atoms with Gasteiger partial charge in [0.15, 0.2) is 0 Å². The van der Waals surface area contributed by atoms with Crippen molar-refractivity contribution in [2.75, 3.05) is 20.1 Å². The SMILES string of the molecule is CC(CC1CCC1)N(C)C1CCCNC1. The Hall–Kier alpha value is -0.0800.